The molecule has 0 aromatic carbocycles. The molecule has 5 heteroatoms. The number of fused-ring (bicyclic) bond motifs is 2. The SMILES string of the molecule is F[B-](F)(F)CN1CC2C3CCC(CC3)C2C1. The van der Waals surface area contributed by atoms with Gasteiger partial charge in [0.1, 0.15) is 0 Å². The van der Waals surface area contributed by atoms with Crippen molar-refractivity contribution in [1.29, 1.82) is 0 Å². The van der Waals surface area contributed by atoms with E-state index in [1.54, 1.807) is 4.90 Å². The maximum Gasteiger partial charge on any atom is 0.492 e. The van der Waals surface area contributed by atoms with E-state index in [2.05, 4.69) is 0 Å². The van der Waals surface area contributed by atoms with Crippen molar-refractivity contribution in [2.45, 2.75) is 25.7 Å². The molecule has 92 valence electrons. The Morgan fingerprint density at radius 3 is 1.69 bits per heavy atom. The van der Waals surface area contributed by atoms with Gasteiger partial charge in [-0.3, -0.25) is 0 Å². The number of rotatable bonds is 2. The van der Waals surface area contributed by atoms with Gasteiger partial charge in [-0.2, -0.15) is 0 Å². The van der Waals surface area contributed by atoms with Crippen LogP contribution in [0.2, 0.25) is 0 Å². The van der Waals surface area contributed by atoms with Gasteiger partial charge in [0, 0.05) is 0 Å². The minimum atomic E-state index is -4.63. The molecule has 0 aromatic heterocycles. The number of hydrogen-bond acceptors (Lipinski definition) is 1. The second-order valence-corrected chi connectivity index (χ2v) is 5.93. The first-order valence-electron chi connectivity index (χ1n) is 6.46. The molecular formula is C11H18BF3N-. The van der Waals surface area contributed by atoms with E-state index in [9.17, 15) is 12.9 Å². The molecule has 16 heavy (non-hydrogen) atoms. The normalized spacial score (nSPS) is 43.7. The van der Waals surface area contributed by atoms with Gasteiger partial charge in [0.25, 0.3) is 0 Å². The van der Waals surface area contributed by atoms with E-state index < -0.39 is 13.4 Å². The third-order valence-corrected chi connectivity index (χ3v) is 4.98. The maximum absolute atomic E-state index is 12.4. The van der Waals surface area contributed by atoms with Crippen molar-refractivity contribution in [1.82, 2.24) is 4.90 Å². The summed E-state index contributed by atoms with van der Waals surface area (Å²) < 4.78 is 37.2. The molecule has 2 bridgehead atoms. The van der Waals surface area contributed by atoms with Gasteiger partial charge in [-0.1, -0.05) is 0 Å². The predicted octanol–water partition coefficient (Wildman–Crippen LogP) is 2.74. The van der Waals surface area contributed by atoms with Crippen molar-refractivity contribution in [3.8, 4) is 0 Å². The monoisotopic (exact) mass is 232 g/mol. The summed E-state index contributed by atoms with van der Waals surface area (Å²) in [5.41, 5.74) is 0. The molecule has 4 rings (SSSR count). The molecule has 0 aromatic rings. The lowest BCUT2D eigenvalue weighted by Gasteiger charge is -2.45. The van der Waals surface area contributed by atoms with Gasteiger partial charge in [-0.15, -0.1) is 0 Å². The predicted molar refractivity (Wildman–Crippen MR) is 57.9 cm³/mol. The second-order valence-electron chi connectivity index (χ2n) is 5.93. The third kappa shape index (κ3) is 1.87. The second kappa shape index (κ2) is 3.65. The molecule has 2 unspecified atom stereocenters. The minimum Gasteiger partial charge on any atom is -0.448 e. The fourth-order valence-electron chi connectivity index (χ4n) is 4.38. The van der Waals surface area contributed by atoms with Gasteiger partial charge < -0.3 is 17.8 Å². The van der Waals surface area contributed by atoms with Gasteiger partial charge in [0.2, 0.25) is 0 Å². The molecule has 1 aliphatic heterocycles. The summed E-state index contributed by atoms with van der Waals surface area (Å²) in [4.78, 5) is 1.67. The molecular weight excluding hydrogens is 214 g/mol. The van der Waals surface area contributed by atoms with Crippen LogP contribution in [0.1, 0.15) is 25.7 Å². The molecule has 1 nitrogen and oxygen atoms in total. The van der Waals surface area contributed by atoms with E-state index in [-0.39, 0.29) is 0 Å². The van der Waals surface area contributed by atoms with E-state index in [0.29, 0.717) is 24.9 Å². The molecule has 0 radical (unpaired) electrons. The van der Waals surface area contributed by atoms with Gasteiger partial charge in [0.05, 0.1) is 0 Å². The van der Waals surface area contributed by atoms with Gasteiger partial charge in [-0.05, 0) is 68.9 Å². The average molecular weight is 232 g/mol. The van der Waals surface area contributed by atoms with E-state index >= 15 is 0 Å². The Balaban J connectivity index is 1.67. The summed E-state index contributed by atoms with van der Waals surface area (Å²) in [6.45, 7) is -3.20. The first kappa shape index (κ1) is 10.9. The maximum atomic E-state index is 12.4. The molecule has 3 saturated carbocycles. The molecule has 3 aliphatic carbocycles. The molecule has 0 amide bonds. The summed E-state index contributed by atoms with van der Waals surface area (Å²) in [6.07, 6.45) is 4.47. The molecule has 1 heterocycles. The highest BCUT2D eigenvalue weighted by atomic mass is 19.4. The fourth-order valence-corrected chi connectivity index (χ4v) is 4.38. The van der Waals surface area contributed by atoms with E-state index in [1.165, 1.54) is 25.7 Å². The zero-order chi connectivity index (χ0) is 11.3. The molecule has 4 fully saturated rings. The van der Waals surface area contributed by atoms with Crippen LogP contribution in [-0.2, 0) is 0 Å². The van der Waals surface area contributed by atoms with Crippen LogP contribution in [0.4, 0.5) is 12.9 Å². The topological polar surface area (TPSA) is 3.24 Å². The van der Waals surface area contributed by atoms with Crippen LogP contribution in [0, 0.1) is 23.7 Å². The Labute approximate surface area is 94.4 Å². The Morgan fingerprint density at radius 1 is 0.875 bits per heavy atom. The lowest BCUT2D eigenvalue weighted by atomic mass is 9.60. The van der Waals surface area contributed by atoms with Gasteiger partial charge in [-0.25, -0.2) is 0 Å². The van der Waals surface area contributed by atoms with E-state index in [0.717, 1.165) is 11.8 Å². The highest BCUT2D eigenvalue weighted by molar-refractivity contribution is 6.58. The number of halogens is 3. The van der Waals surface area contributed by atoms with Crippen LogP contribution in [0.5, 0.6) is 0 Å². The van der Waals surface area contributed by atoms with E-state index in [1.807, 2.05) is 0 Å². The first-order valence-corrected chi connectivity index (χ1v) is 6.46. The van der Waals surface area contributed by atoms with Crippen molar-refractivity contribution < 1.29 is 12.9 Å². The van der Waals surface area contributed by atoms with Crippen LogP contribution in [0.15, 0.2) is 0 Å². The molecule has 4 aliphatic rings. The molecule has 1 saturated heterocycles. The van der Waals surface area contributed by atoms with Crippen molar-refractivity contribution >= 4 is 6.98 Å². The lowest BCUT2D eigenvalue weighted by Crippen LogP contribution is -2.38. The lowest BCUT2D eigenvalue weighted by molar-refractivity contribution is 0.0577. The Morgan fingerprint density at radius 2 is 1.31 bits per heavy atom. The van der Waals surface area contributed by atoms with Crippen LogP contribution in [0.25, 0.3) is 0 Å². The summed E-state index contributed by atoms with van der Waals surface area (Å²) in [6, 6.07) is 0. The standard InChI is InChI=1S/C11H18BF3N/c13-12(14,15)7-16-5-10-8-1-2-9(4-3-8)11(10)6-16/h8-11H,1-7H2/q-1. The number of likely N-dealkylation sites (tertiary alicyclic amines) is 1. The smallest absolute Gasteiger partial charge is 0.448 e. The Bertz CT molecular complexity index is 253. The number of hydrogen-bond donors (Lipinski definition) is 0. The molecule has 2 atom stereocenters. The van der Waals surface area contributed by atoms with Crippen molar-refractivity contribution in [2.24, 2.45) is 23.7 Å². The van der Waals surface area contributed by atoms with Gasteiger partial charge in [0.15, 0.2) is 0 Å². The summed E-state index contributed by atoms with van der Waals surface area (Å²) in [5, 5.41) is 0. The Kier molecular flexibility index (Phi) is 2.50. The van der Waals surface area contributed by atoms with Crippen molar-refractivity contribution in [3.63, 3.8) is 0 Å². The average Bonchev–Trinajstić information content (AvgIpc) is 2.61. The molecule has 0 spiro atoms. The zero-order valence-electron chi connectivity index (χ0n) is 9.42. The highest BCUT2D eigenvalue weighted by Gasteiger charge is 2.48. The summed E-state index contributed by atoms with van der Waals surface area (Å²) in [7, 11) is 0. The largest absolute Gasteiger partial charge is 0.492 e. The quantitative estimate of drug-likeness (QED) is 0.661. The van der Waals surface area contributed by atoms with Crippen molar-refractivity contribution in [2.75, 3.05) is 19.5 Å². The van der Waals surface area contributed by atoms with Crippen LogP contribution in [0.3, 0.4) is 0 Å². The summed E-state index contributed by atoms with van der Waals surface area (Å²) >= 11 is 0. The summed E-state index contributed by atoms with van der Waals surface area (Å²) in [5.74, 6) is 2.65. The van der Waals surface area contributed by atoms with Gasteiger partial charge >= 0.3 is 6.98 Å². The van der Waals surface area contributed by atoms with Crippen LogP contribution >= 0.6 is 0 Å². The van der Waals surface area contributed by atoms with Crippen LogP contribution < -0.4 is 0 Å². The Hall–Kier alpha value is -0.185. The fraction of sp³-hybridized carbons (Fsp3) is 1.00. The highest BCUT2D eigenvalue weighted by Crippen LogP contribution is 2.51. The third-order valence-electron chi connectivity index (χ3n) is 4.98. The van der Waals surface area contributed by atoms with Crippen LogP contribution in [-0.4, -0.2) is 31.4 Å². The molecule has 0 N–H and O–H groups in total. The zero-order valence-corrected chi connectivity index (χ0v) is 9.42. The van der Waals surface area contributed by atoms with E-state index in [4.69, 9.17) is 0 Å². The van der Waals surface area contributed by atoms with Crippen molar-refractivity contribution in [3.05, 3.63) is 0 Å². The number of nitrogens with zero attached hydrogens (tertiary/aromatic N) is 1. The first-order chi connectivity index (χ1) is 7.53. The minimum absolute atomic E-state index is 0.589.